The summed E-state index contributed by atoms with van der Waals surface area (Å²) in [4.78, 5) is 3.82. The Hall–Kier alpha value is -3.06. The van der Waals surface area contributed by atoms with Crippen LogP contribution in [0.5, 0.6) is 0 Å². The highest BCUT2D eigenvalue weighted by molar-refractivity contribution is 8.22. The molecule has 12 heteroatoms. The van der Waals surface area contributed by atoms with Crippen molar-refractivity contribution in [3.05, 3.63) is 108 Å². The molecule has 0 heterocycles. The minimum Gasteiger partial charge on any atom is -0.378 e. The average Bonchev–Trinajstić information content (AvgIpc) is 2.99. The Morgan fingerprint density at radius 3 is 1.09 bits per heavy atom. The third-order valence-electron chi connectivity index (χ3n) is 7.52. The average molecular weight is 669 g/mol. The topological polar surface area (TPSA) is 23.6 Å². The van der Waals surface area contributed by atoms with Gasteiger partial charge >= 0.3 is 12.4 Å². The summed E-state index contributed by atoms with van der Waals surface area (Å²) in [6, 6.07) is 20.5. The second kappa shape index (κ2) is 12.7. The maximum Gasteiger partial charge on any atom is 0.416 e. The van der Waals surface area contributed by atoms with E-state index in [1.165, 1.54) is 24.3 Å². The number of benzene rings is 4. The molecule has 0 aromatic heterocycles. The standard InChI is InChI=1S/C32H32F6N2OP2S/c1-39(2)25-9-17-27(18-10-25)42(41,28-19-11-26(12-20-28)40(3)4)21-22-43(44,29-13-5-23(6-14-29)31(33,34)35)30-15-7-24(8-16-30)32(36,37)38/h5-20H,21-22H2,1-4H3. The van der Waals surface area contributed by atoms with Crippen molar-refractivity contribution in [2.45, 2.75) is 12.4 Å². The van der Waals surface area contributed by atoms with Crippen molar-refractivity contribution in [2.75, 3.05) is 50.3 Å². The first-order valence-corrected chi connectivity index (χ1v) is 18.4. The lowest BCUT2D eigenvalue weighted by Gasteiger charge is -2.28. The van der Waals surface area contributed by atoms with Gasteiger partial charge in [-0.2, -0.15) is 26.3 Å². The van der Waals surface area contributed by atoms with E-state index >= 15 is 4.57 Å². The summed E-state index contributed by atoms with van der Waals surface area (Å²) in [5.74, 6) is 0. The van der Waals surface area contributed by atoms with Gasteiger partial charge in [0.15, 0.2) is 0 Å². The largest absolute Gasteiger partial charge is 0.416 e. The summed E-state index contributed by atoms with van der Waals surface area (Å²) in [6.07, 6.45) is -8.96. The van der Waals surface area contributed by atoms with Crippen molar-refractivity contribution in [3.8, 4) is 0 Å². The third kappa shape index (κ3) is 7.25. The molecule has 0 aliphatic heterocycles. The van der Waals surface area contributed by atoms with Crippen molar-refractivity contribution in [1.82, 2.24) is 0 Å². The number of hydrogen-bond donors (Lipinski definition) is 0. The van der Waals surface area contributed by atoms with Crippen LogP contribution < -0.4 is 31.0 Å². The van der Waals surface area contributed by atoms with Crippen LogP contribution in [0.3, 0.4) is 0 Å². The van der Waals surface area contributed by atoms with E-state index < -0.39 is 36.7 Å². The van der Waals surface area contributed by atoms with E-state index in [0.717, 1.165) is 35.6 Å². The third-order valence-corrected chi connectivity index (χ3v) is 15.9. The van der Waals surface area contributed by atoms with Crippen LogP contribution in [0.25, 0.3) is 0 Å². The van der Waals surface area contributed by atoms with E-state index in [2.05, 4.69) is 0 Å². The lowest BCUT2D eigenvalue weighted by atomic mass is 10.2. The minimum absolute atomic E-state index is 0.0644. The molecular weight excluding hydrogens is 636 g/mol. The molecule has 0 radical (unpaired) electrons. The van der Waals surface area contributed by atoms with Gasteiger partial charge in [0, 0.05) is 62.4 Å². The number of nitrogens with zero attached hydrogens (tertiary/aromatic N) is 2. The SMILES string of the molecule is CN(C)c1ccc(P(=O)(CCP(=S)(c2ccc(C(F)(F)F)cc2)c2ccc(C(F)(F)F)cc2)c2ccc(N(C)C)cc2)cc1. The van der Waals surface area contributed by atoms with E-state index in [1.54, 1.807) is 24.3 Å². The lowest BCUT2D eigenvalue weighted by Crippen LogP contribution is -2.25. The molecule has 4 aromatic carbocycles. The molecule has 4 rings (SSSR count). The van der Waals surface area contributed by atoms with Crippen molar-refractivity contribution in [2.24, 2.45) is 0 Å². The van der Waals surface area contributed by atoms with E-state index in [1.807, 2.05) is 62.3 Å². The predicted octanol–water partition coefficient (Wildman–Crippen LogP) is 7.30. The summed E-state index contributed by atoms with van der Waals surface area (Å²) in [6.45, 7) is 0. The first-order valence-electron chi connectivity index (χ1n) is 13.5. The molecule has 0 amide bonds. The molecule has 44 heavy (non-hydrogen) atoms. The second-order valence-electron chi connectivity index (χ2n) is 10.8. The first-order chi connectivity index (χ1) is 20.4. The van der Waals surface area contributed by atoms with Gasteiger partial charge in [-0.1, -0.05) is 36.1 Å². The number of alkyl halides is 6. The fourth-order valence-corrected chi connectivity index (χ4v) is 12.7. The number of halogens is 6. The van der Waals surface area contributed by atoms with Crippen molar-refractivity contribution < 1.29 is 30.9 Å². The zero-order valence-electron chi connectivity index (χ0n) is 24.5. The van der Waals surface area contributed by atoms with Crippen molar-refractivity contribution in [1.29, 1.82) is 0 Å². The van der Waals surface area contributed by atoms with Crippen LogP contribution in [0.1, 0.15) is 11.1 Å². The van der Waals surface area contributed by atoms with Crippen LogP contribution in [-0.2, 0) is 28.7 Å². The van der Waals surface area contributed by atoms with Gasteiger partial charge in [-0.3, -0.25) is 0 Å². The van der Waals surface area contributed by atoms with Crippen LogP contribution in [0.4, 0.5) is 37.7 Å². The van der Waals surface area contributed by atoms with Gasteiger partial charge in [0.2, 0.25) is 0 Å². The Morgan fingerprint density at radius 2 is 0.818 bits per heavy atom. The van der Waals surface area contributed by atoms with Gasteiger partial charge in [-0.05, 0) is 89.6 Å². The molecule has 0 spiro atoms. The Bertz CT molecular complexity index is 1550. The van der Waals surface area contributed by atoms with E-state index in [0.29, 0.717) is 21.2 Å². The molecule has 234 valence electrons. The summed E-state index contributed by atoms with van der Waals surface area (Å²) >= 11 is 6.20. The van der Waals surface area contributed by atoms with Crippen LogP contribution in [0.2, 0.25) is 0 Å². The molecule has 4 aromatic rings. The van der Waals surface area contributed by atoms with Crippen molar-refractivity contribution in [3.63, 3.8) is 0 Å². The molecule has 0 saturated heterocycles. The molecule has 0 N–H and O–H groups in total. The lowest BCUT2D eigenvalue weighted by molar-refractivity contribution is -0.138. The van der Waals surface area contributed by atoms with Gasteiger partial charge in [0.1, 0.15) is 7.14 Å². The summed E-state index contributed by atoms with van der Waals surface area (Å²) in [5, 5.41) is 1.97. The van der Waals surface area contributed by atoms with Crippen LogP contribution in [-0.4, -0.2) is 40.5 Å². The normalized spacial score (nSPS) is 12.7. The van der Waals surface area contributed by atoms with Gasteiger partial charge in [0.05, 0.1) is 11.1 Å². The molecule has 0 aliphatic rings. The highest BCUT2D eigenvalue weighted by Gasteiger charge is 2.35. The summed E-state index contributed by atoms with van der Waals surface area (Å²) < 4.78 is 95.3. The van der Waals surface area contributed by atoms with Gasteiger partial charge in [-0.15, -0.1) is 0 Å². The van der Waals surface area contributed by atoms with E-state index in [9.17, 15) is 26.3 Å². The van der Waals surface area contributed by atoms with Crippen molar-refractivity contribution >= 4 is 57.6 Å². The molecular formula is C32H32F6N2OP2S. The summed E-state index contributed by atoms with van der Waals surface area (Å²) in [7, 11) is 4.18. The number of anilines is 2. The van der Waals surface area contributed by atoms with Crippen LogP contribution >= 0.6 is 13.2 Å². The maximum atomic E-state index is 15.1. The second-order valence-corrected chi connectivity index (χ2v) is 18.6. The molecule has 0 atom stereocenters. The van der Waals surface area contributed by atoms with E-state index in [4.69, 9.17) is 11.8 Å². The zero-order chi connectivity index (χ0) is 32.5. The fraction of sp³-hybridized carbons (Fsp3) is 0.250. The fourth-order valence-electron chi connectivity index (χ4n) is 4.86. The molecule has 0 bridgehead atoms. The Labute approximate surface area is 258 Å². The number of hydrogen-bond acceptors (Lipinski definition) is 4. The monoisotopic (exact) mass is 668 g/mol. The van der Waals surface area contributed by atoms with Gasteiger partial charge in [-0.25, -0.2) is 0 Å². The Morgan fingerprint density at radius 1 is 0.523 bits per heavy atom. The highest BCUT2D eigenvalue weighted by atomic mass is 32.4. The molecule has 0 unspecified atom stereocenters. The molecule has 0 saturated carbocycles. The minimum atomic E-state index is -4.57. The smallest absolute Gasteiger partial charge is 0.378 e. The quantitative estimate of drug-likeness (QED) is 0.138. The van der Waals surface area contributed by atoms with Gasteiger partial charge < -0.3 is 14.4 Å². The Balaban J connectivity index is 1.83. The van der Waals surface area contributed by atoms with Crippen LogP contribution in [0.15, 0.2) is 97.1 Å². The molecule has 3 nitrogen and oxygen atoms in total. The first kappa shape index (κ1) is 33.8. The zero-order valence-corrected chi connectivity index (χ0v) is 27.1. The van der Waals surface area contributed by atoms with Gasteiger partial charge in [0.25, 0.3) is 0 Å². The Kier molecular flexibility index (Phi) is 9.80. The summed E-state index contributed by atoms with van der Waals surface area (Å²) in [5.41, 5.74) is 0.0940. The highest BCUT2D eigenvalue weighted by Crippen LogP contribution is 2.52. The predicted molar refractivity (Wildman–Crippen MR) is 175 cm³/mol. The molecule has 0 fully saturated rings. The number of rotatable bonds is 9. The van der Waals surface area contributed by atoms with E-state index in [-0.39, 0.29) is 12.3 Å². The van der Waals surface area contributed by atoms with Crippen LogP contribution in [0, 0.1) is 0 Å². The maximum absolute atomic E-state index is 15.1. The molecule has 0 aliphatic carbocycles.